The summed E-state index contributed by atoms with van der Waals surface area (Å²) in [5.41, 5.74) is 0. The number of nitrogens with zero attached hydrogens (tertiary/aromatic N) is 1. The highest BCUT2D eigenvalue weighted by molar-refractivity contribution is 4.90. The molecular weight excluding hydrogens is 244 g/mol. The van der Waals surface area contributed by atoms with Gasteiger partial charge in [0.25, 0.3) is 0 Å². The van der Waals surface area contributed by atoms with Gasteiger partial charge in [-0.2, -0.15) is 0 Å². The van der Waals surface area contributed by atoms with Gasteiger partial charge in [0.05, 0.1) is 0 Å². The average molecular weight is 278 g/mol. The molecule has 0 aromatic rings. The third-order valence-corrected chi connectivity index (χ3v) is 6.16. The lowest BCUT2D eigenvalue weighted by Crippen LogP contribution is -2.47. The second-order valence-electron chi connectivity index (χ2n) is 7.58. The quantitative estimate of drug-likeness (QED) is 0.819. The van der Waals surface area contributed by atoms with Crippen LogP contribution in [0, 0.1) is 5.92 Å². The van der Waals surface area contributed by atoms with E-state index in [9.17, 15) is 0 Å². The van der Waals surface area contributed by atoms with E-state index in [2.05, 4.69) is 17.1 Å². The van der Waals surface area contributed by atoms with E-state index in [1.54, 1.807) is 0 Å². The fourth-order valence-electron chi connectivity index (χ4n) is 4.97. The van der Waals surface area contributed by atoms with Crippen molar-refractivity contribution in [1.82, 2.24) is 10.2 Å². The monoisotopic (exact) mass is 278 g/mol. The first kappa shape index (κ1) is 14.8. The van der Waals surface area contributed by atoms with Gasteiger partial charge in [0.1, 0.15) is 0 Å². The number of hydrogen-bond acceptors (Lipinski definition) is 2. The predicted molar refractivity (Wildman–Crippen MR) is 86.0 cm³/mol. The smallest absolute Gasteiger partial charge is 0.0195 e. The molecule has 3 aliphatic rings. The maximum atomic E-state index is 3.87. The van der Waals surface area contributed by atoms with Crippen LogP contribution in [0.5, 0.6) is 0 Å². The van der Waals surface area contributed by atoms with E-state index in [4.69, 9.17) is 0 Å². The van der Waals surface area contributed by atoms with Crippen molar-refractivity contribution in [1.29, 1.82) is 0 Å². The average Bonchev–Trinajstić information content (AvgIpc) is 3.15. The number of nitrogens with one attached hydrogen (secondary N) is 1. The summed E-state index contributed by atoms with van der Waals surface area (Å²) in [5.74, 6) is 1.02. The molecule has 3 fully saturated rings. The van der Waals surface area contributed by atoms with E-state index >= 15 is 0 Å². The van der Waals surface area contributed by atoms with Crippen LogP contribution in [0.1, 0.15) is 77.6 Å². The van der Waals surface area contributed by atoms with E-state index in [1.807, 2.05) is 0 Å². The van der Waals surface area contributed by atoms with Gasteiger partial charge >= 0.3 is 0 Å². The van der Waals surface area contributed by atoms with E-state index in [1.165, 1.54) is 83.7 Å². The van der Waals surface area contributed by atoms with Crippen molar-refractivity contribution in [3.8, 4) is 0 Å². The Morgan fingerprint density at radius 3 is 2.35 bits per heavy atom. The highest BCUT2D eigenvalue weighted by Crippen LogP contribution is 2.36. The van der Waals surface area contributed by atoms with Gasteiger partial charge < -0.3 is 5.32 Å². The van der Waals surface area contributed by atoms with Gasteiger partial charge in [-0.15, -0.1) is 0 Å². The van der Waals surface area contributed by atoms with E-state index < -0.39 is 0 Å². The van der Waals surface area contributed by atoms with Gasteiger partial charge in [0.2, 0.25) is 0 Å². The molecule has 2 heteroatoms. The molecule has 1 saturated heterocycles. The zero-order valence-electron chi connectivity index (χ0n) is 13.4. The molecule has 1 heterocycles. The van der Waals surface area contributed by atoms with Crippen molar-refractivity contribution < 1.29 is 0 Å². The minimum atomic E-state index is 0.741. The first-order valence-electron chi connectivity index (χ1n) is 9.34. The van der Waals surface area contributed by atoms with Crippen molar-refractivity contribution in [3.63, 3.8) is 0 Å². The summed E-state index contributed by atoms with van der Waals surface area (Å²) in [6, 6.07) is 2.48. The summed E-state index contributed by atoms with van der Waals surface area (Å²) in [6.07, 6.45) is 16.1. The zero-order valence-corrected chi connectivity index (χ0v) is 13.4. The Bertz CT molecular complexity index is 279. The molecule has 20 heavy (non-hydrogen) atoms. The summed E-state index contributed by atoms with van der Waals surface area (Å²) >= 11 is 0. The van der Waals surface area contributed by atoms with Crippen molar-refractivity contribution >= 4 is 0 Å². The summed E-state index contributed by atoms with van der Waals surface area (Å²) in [4.78, 5) is 2.85. The van der Waals surface area contributed by atoms with Crippen LogP contribution in [0.4, 0.5) is 0 Å². The molecule has 116 valence electrons. The van der Waals surface area contributed by atoms with Crippen molar-refractivity contribution in [3.05, 3.63) is 0 Å². The Kier molecular flexibility index (Phi) is 5.39. The van der Waals surface area contributed by atoms with Gasteiger partial charge in [-0.1, -0.05) is 32.1 Å². The standard InChI is InChI=1S/C18H34N2/c1-15(14-19-17-10-3-2-4-11-17)20-13-7-12-18(20)16-8-5-6-9-16/h15-19H,2-14H2,1H3. The first-order valence-corrected chi connectivity index (χ1v) is 9.34. The molecule has 0 spiro atoms. The van der Waals surface area contributed by atoms with Crippen LogP contribution in [0.15, 0.2) is 0 Å². The molecule has 0 aromatic heterocycles. The molecule has 2 aliphatic carbocycles. The predicted octanol–water partition coefficient (Wildman–Crippen LogP) is 3.95. The maximum Gasteiger partial charge on any atom is 0.0195 e. The zero-order chi connectivity index (χ0) is 13.8. The van der Waals surface area contributed by atoms with E-state index in [-0.39, 0.29) is 0 Å². The minimum absolute atomic E-state index is 0.741. The Hall–Kier alpha value is -0.0800. The van der Waals surface area contributed by atoms with Gasteiger partial charge in [-0.3, -0.25) is 4.90 Å². The van der Waals surface area contributed by atoms with Crippen LogP contribution < -0.4 is 5.32 Å². The Morgan fingerprint density at radius 1 is 0.900 bits per heavy atom. The van der Waals surface area contributed by atoms with Crippen molar-refractivity contribution in [2.75, 3.05) is 13.1 Å². The van der Waals surface area contributed by atoms with Gasteiger partial charge in [-0.25, -0.2) is 0 Å². The fraction of sp³-hybridized carbons (Fsp3) is 1.00. The molecule has 2 nitrogen and oxygen atoms in total. The van der Waals surface area contributed by atoms with Crippen LogP contribution >= 0.6 is 0 Å². The maximum absolute atomic E-state index is 3.87. The molecule has 1 aliphatic heterocycles. The Labute approximate surface area is 125 Å². The Morgan fingerprint density at radius 2 is 1.60 bits per heavy atom. The first-order chi connectivity index (χ1) is 9.84. The van der Waals surface area contributed by atoms with Gasteiger partial charge in [0.15, 0.2) is 0 Å². The van der Waals surface area contributed by atoms with Crippen LogP contribution in [-0.2, 0) is 0 Å². The third-order valence-electron chi connectivity index (χ3n) is 6.16. The van der Waals surface area contributed by atoms with E-state index in [0.29, 0.717) is 0 Å². The SMILES string of the molecule is CC(CNC1CCCCC1)N1CCCC1C1CCCC1. The molecule has 0 radical (unpaired) electrons. The number of likely N-dealkylation sites (tertiary alicyclic amines) is 1. The van der Waals surface area contributed by atoms with Crippen LogP contribution in [-0.4, -0.2) is 36.1 Å². The fourth-order valence-corrected chi connectivity index (χ4v) is 4.97. The lowest BCUT2D eigenvalue weighted by Gasteiger charge is -2.35. The molecule has 1 N–H and O–H groups in total. The highest BCUT2D eigenvalue weighted by atomic mass is 15.2. The normalized spacial score (nSPS) is 31.9. The molecule has 2 atom stereocenters. The van der Waals surface area contributed by atoms with Crippen LogP contribution in [0.3, 0.4) is 0 Å². The lowest BCUT2D eigenvalue weighted by molar-refractivity contribution is 0.138. The molecule has 0 amide bonds. The van der Waals surface area contributed by atoms with Crippen LogP contribution in [0.25, 0.3) is 0 Å². The molecule has 2 unspecified atom stereocenters. The molecule has 0 bridgehead atoms. The largest absolute Gasteiger partial charge is 0.312 e. The second-order valence-corrected chi connectivity index (χ2v) is 7.58. The summed E-state index contributed by atoms with van der Waals surface area (Å²) < 4.78 is 0. The summed E-state index contributed by atoms with van der Waals surface area (Å²) in [7, 11) is 0. The number of rotatable bonds is 5. The number of hydrogen-bond donors (Lipinski definition) is 1. The molecule has 2 saturated carbocycles. The van der Waals surface area contributed by atoms with Gasteiger partial charge in [-0.05, 0) is 57.9 Å². The molecular formula is C18H34N2. The van der Waals surface area contributed by atoms with Crippen LogP contribution in [0.2, 0.25) is 0 Å². The van der Waals surface area contributed by atoms with Gasteiger partial charge in [0, 0.05) is 24.7 Å². The van der Waals surface area contributed by atoms with Crippen molar-refractivity contribution in [2.45, 2.75) is 95.7 Å². The topological polar surface area (TPSA) is 15.3 Å². The summed E-state index contributed by atoms with van der Waals surface area (Å²) in [6.45, 7) is 5.03. The van der Waals surface area contributed by atoms with Crippen molar-refractivity contribution in [2.24, 2.45) is 5.92 Å². The lowest BCUT2D eigenvalue weighted by atomic mass is 9.94. The highest BCUT2D eigenvalue weighted by Gasteiger charge is 2.35. The second kappa shape index (κ2) is 7.26. The Balaban J connectivity index is 1.46. The summed E-state index contributed by atoms with van der Waals surface area (Å²) in [5, 5.41) is 3.87. The minimum Gasteiger partial charge on any atom is -0.312 e. The molecule has 0 aromatic carbocycles. The third kappa shape index (κ3) is 3.57. The molecule has 3 rings (SSSR count). The van der Waals surface area contributed by atoms with E-state index in [0.717, 1.165) is 24.0 Å².